The van der Waals surface area contributed by atoms with Crippen LogP contribution in [0.1, 0.15) is 52.7 Å². The molecule has 0 saturated carbocycles. The number of hydrogen-bond donors (Lipinski definition) is 0. The number of para-hydroxylation sites is 5. The predicted octanol–water partition coefficient (Wildman–Crippen LogP) is 12.8. The van der Waals surface area contributed by atoms with Crippen molar-refractivity contribution in [3.63, 3.8) is 0 Å². The Bertz CT molecular complexity index is 2700. The lowest BCUT2D eigenvalue weighted by molar-refractivity contribution is 0.419. The minimum Gasteiger partial charge on any atom is -0.455 e. The summed E-state index contributed by atoms with van der Waals surface area (Å²) in [4.78, 5) is 7.26. The van der Waals surface area contributed by atoms with Crippen molar-refractivity contribution in [1.82, 2.24) is 0 Å². The highest BCUT2D eigenvalue weighted by atomic mass is 16.5. The van der Waals surface area contributed by atoms with Gasteiger partial charge in [0.15, 0.2) is 5.75 Å². The molecule has 0 radical (unpaired) electrons. The summed E-state index contributed by atoms with van der Waals surface area (Å²) in [6.45, 7) is 12.8. The maximum absolute atomic E-state index is 6.90. The topological polar surface area (TPSA) is 19.0 Å². The molecule has 0 aromatic heterocycles. The average Bonchev–Trinajstić information content (AvgIpc) is 3.27. The Balaban J connectivity index is 0.00000215. The second-order valence-electron chi connectivity index (χ2n) is 15.2. The van der Waals surface area contributed by atoms with Gasteiger partial charge in [0.2, 0.25) is 0 Å². The first kappa shape index (κ1) is 36.9. The third-order valence-electron chi connectivity index (χ3n) is 11.7. The third-order valence-corrected chi connectivity index (χ3v) is 11.7. The Morgan fingerprint density at radius 3 is 2.02 bits per heavy atom. The van der Waals surface area contributed by atoms with Crippen LogP contribution in [-0.2, 0) is 5.41 Å². The van der Waals surface area contributed by atoms with Crippen LogP contribution in [0.3, 0.4) is 0 Å². The van der Waals surface area contributed by atoms with Crippen LogP contribution in [0.4, 0.5) is 45.5 Å². The fourth-order valence-electron chi connectivity index (χ4n) is 9.24. The molecule has 0 atom stereocenters. The van der Waals surface area contributed by atoms with Gasteiger partial charge in [-0.25, -0.2) is 0 Å². The fourth-order valence-corrected chi connectivity index (χ4v) is 9.24. The number of fused-ring (bicyclic) bond motifs is 6. The molecule has 3 heterocycles. The lowest BCUT2D eigenvalue weighted by Crippen LogP contribution is -2.61. The number of ether oxygens (including phenoxy) is 1. The van der Waals surface area contributed by atoms with Gasteiger partial charge in [-0.1, -0.05) is 137 Å². The van der Waals surface area contributed by atoms with Crippen molar-refractivity contribution in [3.05, 3.63) is 199 Å². The van der Waals surface area contributed by atoms with E-state index >= 15 is 0 Å². The van der Waals surface area contributed by atoms with Gasteiger partial charge in [0.1, 0.15) is 5.75 Å². The second kappa shape index (κ2) is 15.0. The highest BCUT2D eigenvalue weighted by molar-refractivity contribution is 7.00. The van der Waals surface area contributed by atoms with E-state index in [-0.39, 0.29) is 12.1 Å². The van der Waals surface area contributed by atoms with Crippen molar-refractivity contribution in [3.8, 4) is 11.5 Å². The van der Waals surface area contributed by atoms with Gasteiger partial charge in [-0.15, -0.1) is 0 Å². The van der Waals surface area contributed by atoms with Gasteiger partial charge in [0.05, 0.1) is 5.69 Å². The van der Waals surface area contributed by atoms with E-state index in [1.165, 1.54) is 44.6 Å². The zero-order valence-electron chi connectivity index (χ0n) is 34.1. The number of nitrogens with zero attached hydrogens (tertiary/aromatic N) is 3. The standard InChI is InChI=1S/C51H42BN3O.C2H6/c1-5-19-35(6-2)54-43-27-15-14-26-41(43)52-42-33-32-38(34-47(42)55(37-22-11-8-12-23-37)45-29-18-28-44(54)49(45)52)53(36-20-9-7-10-21-36)46-30-17-25-40-50(46)56-48-31-16-13-24-39(48)51(40,3)4;1-2/h5-34H,1-4H3;1-2H3/b19-5-,35-6+;. The molecule has 10 rings (SSSR count). The molecule has 0 fully saturated rings. The largest absolute Gasteiger partial charge is 0.455 e. The van der Waals surface area contributed by atoms with Gasteiger partial charge in [0, 0.05) is 62.1 Å². The summed E-state index contributed by atoms with van der Waals surface area (Å²) >= 11 is 0. The summed E-state index contributed by atoms with van der Waals surface area (Å²) in [7, 11) is 0. The molecule has 3 aliphatic rings. The Kier molecular flexibility index (Phi) is 9.53. The Labute approximate surface area is 344 Å². The highest BCUT2D eigenvalue weighted by Crippen LogP contribution is 2.54. The molecule has 5 heteroatoms. The monoisotopic (exact) mass is 753 g/mol. The van der Waals surface area contributed by atoms with E-state index in [1.54, 1.807) is 0 Å². The predicted molar refractivity (Wildman–Crippen MR) is 248 cm³/mol. The molecule has 0 spiro atoms. The molecular weight excluding hydrogens is 705 g/mol. The Morgan fingerprint density at radius 1 is 0.603 bits per heavy atom. The van der Waals surface area contributed by atoms with Crippen LogP contribution in [-0.4, -0.2) is 6.71 Å². The molecule has 58 heavy (non-hydrogen) atoms. The second-order valence-corrected chi connectivity index (χ2v) is 15.2. The van der Waals surface area contributed by atoms with Crippen LogP contribution in [0.25, 0.3) is 0 Å². The highest BCUT2D eigenvalue weighted by Gasteiger charge is 2.43. The molecule has 4 nitrogen and oxygen atoms in total. The van der Waals surface area contributed by atoms with E-state index in [4.69, 9.17) is 4.74 Å². The van der Waals surface area contributed by atoms with E-state index in [2.05, 4.69) is 224 Å². The molecule has 7 aromatic carbocycles. The summed E-state index contributed by atoms with van der Waals surface area (Å²) < 4.78 is 6.90. The molecular formula is C53H48BN3O. The van der Waals surface area contributed by atoms with Crippen LogP contribution < -0.4 is 35.8 Å². The maximum Gasteiger partial charge on any atom is 0.252 e. The number of allylic oxidation sites excluding steroid dienone is 3. The first-order valence-electron chi connectivity index (χ1n) is 20.6. The number of benzene rings is 7. The van der Waals surface area contributed by atoms with Crippen LogP contribution in [0.2, 0.25) is 0 Å². The van der Waals surface area contributed by atoms with E-state index in [0.29, 0.717) is 0 Å². The van der Waals surface area contributed by atoms with Gasteiger partial charge in [-0.3, -0.25) is 0 Å². The smallest absolute Gasteiger partial charge is 0.252 e. The number of hydrogen-bond acceptors (Lipinski definition) is 4. The summed E-state index contributed by atoms with van der Waals surface area (Å²) in [5, 5.41) is 0. The summed E-state index contributed by atoms with van der Waals surface area (Å²) in [5.74, 6) is 1.79. The minimum absolute atomic E-state index is 0.0386. The zero-order valence-corrected chi connectivity index (χ0v) is 34.1. The normalized spacial score (nSPS) is 14.2. The summed E-state index contributed by atoms with van der Waals surface area (Å²) in [6, 6.07) is 59.3. The molecule has 0 amide bonds. The van der Waals surface area contributed by atoms with E-state index in [1.807, 2.05) is 13.8 Å². The van der Waals surface area contributed by atoms with Crippen LogP contribution >= 0.6 is 0 Å². The Morgan fingerprint density at radius 2 is 1.24 bits per heavy atom. The molecule has 7 aromatic rings. The first-order valence-corrected chi connectivity index (χ1v) is 20.6. The quantitative estimate of drug-likeness (QED) is 0.124. The van der Waals surface area contributed by atoms with Crippen molar-refractivity contribution < 1.29 is 4.74 Å². The van der Waals surface area contributed by atoms with Crippen molar-refractivity contribution in [2.75, 3.05) is 14.7 Å². The van der Waals surface area contributed by atoms with Gasteiger partial charge in [-0.05, 0) is 103 Å². The van der Waals surface area contributed by atoms with E-state index in [9.17, 15) is 0 Å². The minimum atomic E-state index is -0.244. The summed E-state index contributed by atoms with van der Waals surface area (Å²) in [5.41, 5.74) is 16.1. The van der Waals surface area contributed by atoms with E-state index < -0.39 is 0 Å². The van der Waals surface area contributed by atoms with Gasteiger partial charge in [-0.2, -0.15) is 0 Å². The maximum atomic E-state index is 6.90. The van der Waals surface area contributed by atoms with E-state index in [0.717, 1.165) is 45.6 Å². The summed E-state index contributed by atoms with van der Waals surface area (Å²) in [6.07, 6.45) is 6.54. The van der Waals surface area contributed by atoms with Crippen molar-refractivity contribution in [2.24, 2.45) is 0 Å². The van der Waals surface area contributed by atoms with Gasteiger partial charge >= 0.3 is 0 Å². The number of anilines is 8. The van der Waals surface area contributed by atoms with Crippen molar-refractivity contribution >= 4 is 68.6 Å². The van der Waals surface area contributed by atoms with Crippen molar-refractivity contribution in [2.45, 2.75) is 47.0 Å². The Hall–Kier alpha value is -6.72. The lowest BCUT2D eigenvalue weighted by Gasteiger charge is -2.44. The van der Waals surface area contributed by atoms with Crippen LogP contribution in [0.15, 0.2) is 188 Å². The molecule has 0 aliphatic carbocycles. The SMILES string of the molecule is C/C=C\C(=C/C)N1c2ccccc2B2c3ccc(N(c4ccccc4)c4cccc5c4Oc4ccccc4C5(C)C)cc3N(c3ccccc3)c3cccc1c32.CC. The zero-order chi connectivity index (χ0) is 40.0. The van der Waals surface area contributed by atoms with Crippen LogP contribution in [0, 0.1) is 0 Å². The molecule has 0 unspecified atom stereocenters. The molecule has 0 saturated heterocycles. The fraction of sp³-hybridized carbons (Fsp3) is 0.132. The molecule has 0 N–H and O–H groups in total. The van der Waals surface area contributed by atoms with Gasteiger partial charge < -0.3 is 19.4 Å². The molecule has 0 bridgehead atoms. The number of rotatable bonds is 6. The van der Waals surface area contributed by atoms with Crippen LogP contribution in [0.5, 0.6) is 11.5 Å². The molecule has 3 aliphatic heterocycles. The first-order chi connectivity index (χ1) is 28.5. The third kappa shape index (κ3) is 5.76. The van der Waals surface area contributed by atoms with Gasteiger partial charge in [0.25, 0.3) is 6.71 Å². The lowest BCUT2D eigenvalue weighted by atomic mass is 9.33. The van der Waals surface area contributed by atoms with Crippen molar-refractivity contribution in [1.29, 1.82) is 0 Å². The molecule has 284 valence electrons. The average molecular weight is 754 g/mol.